The van der Waals surface area contributed by atoms with E-state index in [1.807, 2.05) is 6.07 Å². The summed E-state index contributed by atoms with van der Waals surface area (Å²) in [5, 5.41) is 0.529. The number of nitrogens with one attached hydrogen (secondary N) is 1. The van der Waals surface area contributed by atoms with E-state index in [0.717, 1.165) is 5.56 Å². The molecule has 0 aliphatic rings. The van der Waals surface area contributed by atoms with E-state index >= 15 is 0 Å². The van der Waals surface area contributed by atoms with Crippen molar-refractivity contribution in [2.75, 3.05) is 7.11 Å². The van der Waals surface area contributed by atoms with Crippen molar-refractivity contribution < 1.29 is 9.53 Å². The van der Waals surface area contributed by atoms with Crippen molar-refractivity contribution in [3.63, 3.8) is 0 Å². The minimum absolute atomic E-state index is 0.390. The van der Waals surface area contributed by atoms with Gasteiger partial charge in [-0.05, 0) is 18.2 Å². The van der Waals surface area contributed by atoms with Gasteiger partial charge in [0, 0.05) is 11.8 Å². The number of esters is 1. The Morgan fingerprint density at radius 3 is 2.95 bits per heavy atom. The normalized spacial score (nSPS) is 10.7. The van der Waals surface area contributed by atoms with Gasteiger partial charge in [0.15, 0.2) is 5.65 Å². The lowest BCUT2D eigenvalue weighted by Gasteiger charge is -2.01. The molecule has 3 aromatic rings. The molecule has 1 aromatic carbocycles. The summed E-state index contributed by atoms with van der Waals surface area (Å²) >= 11 is 6.07. The molecule has 0 fully saturated rings. The molecular weight excluding hydrogens is 278 g/mol. The van der Waals surface area contributed by atoms with E-state index in [1.54, 1.807) is 30.5 Å². The SMILES string of the molecule is COC(=O)c1cccc(-c2nc3c(Cl)ccnc3[nH]2)c1. The molecule has 0 spiro atoms. The Morgan fingerprint density at radius 1 is 1.35 bits per heavy atom. The van der Waals surface area contributed by atoms with Gasteiger partial charge in [-0.15, -0.1) is 0 Å². The molecule has 0 amide bonds. The zero-order valence-corrected chi connectivity index (χ0v) is 11.3. The first-order chi connectivity index (χ1) is 9.69. The van der Waals surface area contributed by atoms with Crippen LogP contribution < -0.4 is 0 Å². The fourth-order valence-electron chi connectivity index (χ4n) is 1.93. The predicted molar refractivity (Wildman–Crippen MR) is 75.7 cm³/mol. The maximum atomic E-state index is 11.5. The lowest BCUT2D eigenvalue weighted by molar-refractivity contribution is 0.0601. The lowest BCUT2D eigenvalue weighted by atomic mass is 10.1. The summed E-state index contributed by atoms with van der Waals surface area (Å²) in [4.78, 5) is 23.2. The second-order valence-corrected chi connectivity index (χ2v) is 4.55. The summed E-state index contributed by atoms with van der Waals surface area (Å²) in [6.45, 7) is 0. The topological polar surface area (TPSA) is 67.9 Å². The van der Waals surface area contributed by atoms with Crippen molar-refractivity contribution in [2.45, 2.75) is 0 Å². The first-order valence-electron chi connectivity index (χ1n) is 5.88. The highest BCUT2D eigenvalue weighted by molar-refractivity contribution is 6.34. The number of rotatable bonds is 2. The number of fused-ring (bicyclic) bond motifs is 1. The fraction of sp³-hybridized carbons (Fsp3) is 0.0714. The zero-order valence-electron chi connectivity index (χ0n) is 10.6. The summed E-state index contributed by atoms with van der Waals surface area (Å²) < 4.78 is 4.70. The number of nitrogens with zero attached hydrogens (tertiary/aromatic N) is 2. The van der Waals surface area contributed by atoms with Crippen molar-refractivity contribution >= 4 is 28.7 Å². The van der Waals surface area contributed by atoms with Gasteiger partial charge in [-0.1, -0.05) is 23.7 Å². The Balaban J connectivity index is 2.11. The summed E-state index contributed by atoms with van der Waals surface area (Å²) in [6.07, 6.45) is 1.61. The Bertz CT molecular complexity index is 798. The minimum Gasteiger partial charge on any atom is -0.465 e. The van der Waals surface area contributed by atoms with Crippen LogP contribution in [0.1, 0.15) is 10.4 Å². The molecule has 2 heterocycles. The minimum atomic E-state index is -0.390. The summed E-state index contributed by atoms with van der Waals surface area (Å²) in [5.74, 6) is 0.213. The number of carbonyl (C=O) groups excluding carboxylic acids is 1. The number of pyridine rings is 1. The zero-order chi connectivity index (χ0) is 14.1. The van der Waals surface area contributed by atoms with Crippen LogP contribution in [0.4, 0.5) is 0 Å². The number of carbonyl (C=O) groups is 1. The molecular formula is C14H10ClN3O2. The van der Waals surface area contributed by atoms with Gasteiger partial charge in [0.25, 0.3) is 0 Å². The van der Waals surface area contributed by atoms with Crippen LogP contribution in [-0.4, -0.2) is 28.0 Å². The first-order valence-corrected chi connectivity index (χ1v) is 6.26. The number of methoxy groups -OCH3 is 1. The Kier molecular flexibility index (Phi) is 3.12. The van der Waals surface area contributed by atoms with Crippen LogP contribution in [0.25, 0.3) is 22.6 Å². The van der Waals surface area contributed by atoms with Gasteiger partial charge in [-0.3, -0.25) is 0 Å². The maximum absolute atomic E-state index is 11.5. The van der Waals surface area contributed by atoms with Crippen LogP contribution in [0.3, 0.4) is 0 Å². The van der Waals surface area contributed by atoms with E-state index in [4.69, 9.17) is 16.3 Å². The summed E-state index contributed by atoms with van der Waals surface area (Å²) in [6, 6.07) is 8.68. The number of aromatic nitrogens is 3. The van der Waals surface area contributed by atoms with Crippen molar-refractivity contribution in [2.24, 2.45) is 0 Å². The predicted octanol–water partition coefficient (Wildman–Crippen LogP) is 3.06. The van der Waals surface area contributed by atoms with Crippen molar-refractivity contribution in [3.8, 4) is 11.4 Å². The van der Waals surface area contributed by atoms with Gasteiger partial charge in [0.05, 0.1) is 17.7 Å². The number of imidazole rings is 1. The number of ether oxygens (including phenoxy) is 1. The molecule has 0 aliphatic carbocycles. The van der Waals surface area contributed by atoms with E-state index in [1.165, 1.54) is 7.11 Å². The van der Waals surface area contributed by atoms with Crippen LogP contribution in [-0.2, 0) is 4.74 Å². The molecule has 5 nitrogen and oxygen atoms in total. The summed E-state index contributed by atoms with van der Waals surface area (Å²) in [5.41, 5.74) is 2.44. The molecule has 20 heavy (non-hydrogen) atoms. The molecule has 0 radical (unpaired) electrons. The molecule has 2 aromatic heterocycles. The van der Waals surface area contributed by atoms with Crippen LogP contribution >= 0.6 is 11.6 Å². The molecule has 0 saturated heterocycles. The van der Waals surface area contributed by atoms with Crippen LogP contribution in [0.15, 0.2) is 36.5 Å². The highest BCUT2D eigenvalue weighted by atomic mass is 35.5. The Morgan fingerprint density at radius 2 is 2.20 bits per heavy atom. The van der Waals surface area contributed by atoms with Crippen LogP contribution in [0, 0.1) is 0 Å². The second-order valence-electron chi connectivity index (χ2n) is 4.15. The Hall–Kier alpha value is -2.40. The average molecular weight is 288 g/mol. The third-order valence-corrected chi connectivity index (χ3v) is 3.20. The molecule has 6 heteroatoms. The van der Waals surface area contributed by atoms with Crippen LogP contribution in [0.5, 0.6) is 0 Å². The van der Waals surface area contributed by atoms with Gasteiger partial charge < -0.3 is 9.72 Å². The van der Waals surface area contributed by atoms with E-state index in [0.29, 0.717) is 27.6 Å². The van der Waals surface area contributed by atoms with Gasteiger partial charge >= 0.3 is 5.97 Å². The number of hydrogen-bond acceptors (Lipinski definition) is 4. The number of H-pyrrole nitrogens is 1. The third-order valence-electron chi connectivity index (χ3n) is 2.89. The monoisotopic (exact) mass is 287 g/mol. The first kappa shape index (κ1) is 12.6. The van der Waals surface area contributed by atoms with Crippen molar-refractivity contribution in [3.05, 3.63) is 47.1 Å². The highest BCUT2D eigenvalue weighted by Gasteiger charge is 2.11. The molecule has 100 valence electrons. The summed E-state index contributed by atoms with van der Waals surface area (Å²) in [7, 11) is 1.35. The molecule has 0 unspecified atom stereocenters. The van der Waals surface area contributed by atoms with Gasteiger partial charge in [0.2, 0.25) is 0 Å². The van der Waals surface area contributed by atoms with Gasteiger partial charge in [-0.25, -0.2) is 14.8 Å². The van der Waals surface area contributed by atoms with Crippen molar-refractivity contribution in [1.82, 2.24) is 15.0 Å². The molecule has 3 rings (SSSR count). The van der Waals surface area contributed by atoms with E-state index in [-0.39, 0.29) is 5.97 Å². The largest absolute Gasteiger partial charge is 0.465 e. The maximum Gasteiger partial charge on any atom is 0.337 e. The van der Waals surface area contributed by atoms with Gasteiger partial charge in [0.1, 0.15) is 11.3 Å². The molecule has 0 saturated carbocycles. The fourth-order valence-corrected chi connectivity index (χ4v) is 2.12. The van der Waals surface area contributed by atoms with E-state index < -0.39 is 0 Å². The standard InChI is InChI=1S/C14H10ClN3O2/c1-20-14(19)9-4-2-3-8(7-9)12-17-11-10(15)5-6-16-13(11)18-12/h2-7H,1H3,(H,16,17,18). The number of hydrogen-bond donors (Lipinski definition) is 1. The molecule has 1 N–H and O–H groups in total. The van der Waals surface area contributed by atoms with E-state index in [9.17, 15) is 4.79 Å². The highest BCUT2D eigenvalue weighted by Crippen LogP contribution is 2.24. The molecule has 0 bridgehead atoms. The number of aromatic amines is 1. The lowest BCUT2D eigenvalue weighted by Crippen LogP contribution is -2.00. The Labute approximate surface area is 119 Å². The second kappa shape index (κ2) is 4.94. The molecule has 0 aliphatic heterocycles. The van der Waals surface area contributed by atoms with Gasteiger partial charge in [-0.2, -0.15) is 0 Å². The molecule has 0 atom stereocenters. The number of benzene rings is 1. The van der Waals surface area contributed by atoms with Crippen molar-refractivity contribution in [1.29, 1.82) is 0 Å². The van der Waals surface area contributed by atoms with Crippen LogP contribution in [0.2, 0.25) is 5.02 Å². The number of halogens is 1. The smallest absolute Gasteiger partial charge is 0.337 e. The average Bonchev–Trinajstić information content (AvgIpc) is 2.92. The quantitative estimate of drug-likeness (QED) is 0.736. The third kappa shape index (κ3) is 2.12. The van der Waals surface area contributed by atoms with E-state index in [2.05, 4.69) is 15.0 Å².